The molecule has 0 atom stereocenters. The van der Waals surface area contributed by atoms with Gasteiger partial charge in [-0.05, 0) is 55.0 Å². The Kier molecular flexibility index (Phi) is 6.99. The van der Waals surface area contributed by atoms with E-state index in [2.05, 4.69) is 26.5 Å². The first-order valence-corrected chi connectivity index (χ1v) is 14.5. The Morgan fingerprint density at radius 1 is 1.03 bits per heavy atom. The third-order valence-electron chi connectivity index (χ3n) is 8.15. The van der Waals surface area contributed by atoms with Crippen LogP contribution in [-0.4, -0.2) is 66.5 Å². The van der Waals surface area contributed by atoms with E-state index in [0.717, 1.165) is 69.4 Å². The minimum absolute atomic E-state index is 0.438. The Bertz CT molecular complexity index is 1250. The maximum absolute atomic E-state index is 11.9. The first-order chi connectivity index (χ1) is 17.6. The number of halogens is 1. The van der Waals surface area contributed by atoms with Crippen molar-refractivity contribution in [2.24, 2.45) is 0 Å². The van der Waals surface area contributed by atoms with Gasteiger partial charge in [-0.3, -0.25) is 4.90 Å². The molecule has 0 amide bonds. The Morgan fingerprint density at radius 3 is 2.72 bits per heavy atom. The molecule has 4 heterocycles. The highest BCUT2D eigenvalue weighted by Crippen LogP contribution is 2.49. The fourth-order valence-corrected chi connectivity index (χ4v) is 7.66. The molecule has 3 aromatic rings. The van der Waals surface area contributed by atoms with Crippen LogP contribution in [0.25, 0.3) is 21.5 Å². The SMILES string of the molecule is O=C(O)c1cc2c(s1)c(C1CCCCC1)c1n2CCN(CCN2CCCOCC2)c2cc(Cl)ccc2-1. The van der Waals surface area contributed by atoms with E-state index in [0.29, 0.717) is 10.8 Å². The quantitative estimate of drug-likeness (QED) is 0.421. The highest BCUT2D eigenvalue weighted by molar-refractivity contribution is 7.21. The lowest BCUT2D eigenvalue weighted by molar-refractivity contribution is 0.0702. The van der Waals surface area contributed by atoms with Gasteiger partial charge in [0, 0.05) is 62.1 Å². The van der Waals surface area contributed by atoms with Crippen molar-refractivity contribution in [1.82, 2.24) is 9.47 Å². The van der Waals surface area contributed by atoms with Crippen molar-refractivity contribution >= 4 is 44.8 Å². The number of fused-ring (bicyclic) bond motifs is 5. The molecule has 0 spiro atoms. The van der Waals surface area contributed by atoms with Crippen LogP contribution in [0.3, 0.4) is 0 Å². The van der Waals surface area contributed by atoms with Crippen LogP contribution in [0.2, 0.25) is 5.02 Å². The number of hydrogen-bond acceptors (Lipinski definition) is 5. The summed E-state index contributed by atoms with van der Waals surface area (Å²) in [6, 6.07) is 8.23. The summed E-state index contributed by atoms with van der Waals surface area (Å²) in [4.78, 5) is 17.3. The summed E-state index contributed by atoms with van der Waals surface area (Å²) in [5.41, 5.74) is 6.18. The normalized spacial score (nSPS) is 19.6. The van der Waals surface area contributed by atoms with E-state index in [1.54, 1.807) is 0 Å². The molecule has 2 fully saturated rings. The zero-order valence-electron chi connectivity index (χ0n) is 20.7. The molecule has 2 aromatic heterocycles. The van der Waals surface area contributed by atoms with Gasteiger partial charge in [-0.1, -0.05) is 30.9 Å². The molecule has 2 aliphatic heterocycles. The molecular formula is C28H34ClN3O3S. The molecule has 3 aliphatic rings. The lowest BCUT2D eigenvalue weighted by atomic mass is 9.83. The van der Waals surface area contributed by atoms with Crippen molar-refractivity contribution in [2.45, 2.75) is 51.0 Å². The van der Waals surface area contributed by atoms with Gasteiger partial charge < -0.3 is 19.3 Å². The summed E-state index contributed by atoms with van der Waals surface area (Å²) in [6.45, 7) is 7.36. The van der Waals surface area contributed by atoms with Gasteiger partial charge in [0.05, 0.1) is 22.5 Å². The molecule has 0 unspecified atom stereocenters. The molecule has 0 radical (unpaired) electrons. The fraction of sp³-hybridized carbons (Fsp3) is 0.536. The van der Waals surface area contributed by atoms with Crippen LogP contribution in [-0.2, 0) is 11.3 Å². The minimum Gasteiger partial charge on any atom is -0.477 e. The molecule has 192 valence electrons. The average molecular weight is 528 g/mol. The number of anilines is 1. The molecule has 1 aromatic carbocycles. The van der Waals surface area contributed by atoms with Gasteiger partial charge in [-0.15, -0.1) is 11.3 Å². The van der Waals surface area contributed by atoms with Crippen molar-refractivity contribution < 1.29 is 14.6 Å². The molecule has 1 aliphatic carbocycles. The maximum atomic E-state index is 11.9. The number of nitrogens with zero attached hydrogens (tertiary/aromatic N) is 3. The Labute approximate surface area is 221 Å². The van der Waals surface area contributed by atoms with E-state index in [1.165, 1.54) is 70.6 Å². The van der Waals surface area contributed by atoms with Crippen LogP contribution >= 0.6 is 22.9 Å². The Hall–Kier alpha value is -2.06. The number of carbonyl (C=O) groups is 1. The minimum atomic E-state index is -0.830. The molecule has 1 saturated heterocycles. The van der Waals surface area contributed by atoms with Crippen molar-refractivity contribution in [2.75, 3.05) is 50.8 Å². The van der Waals surface area contributed by atoms with Crippen molar-refractivity contribution in [3.8, 4) is 11.3 Å². The van der Waals surface area contributed by atoms with Crippen LogP contribution in [0.5, 0.6) is 0 Å². The van der Waals surface area contributed by atoms with Crippen LogP contribution in [0.4, 0.5) is 5.69 Å². The maximum Gasteiger partial charge on any atom is 0.345 e. The predicted molar refractivity (Wildman–Crippen MR) is 147 cm³/mol. The number of aromatic carboxylic acids is 1. The van der Waals surface area contributed by atoms with Crippen molar-refractivity contribution in [3.63, 3.8) is 0 Å². The van der Waals surface area contributed by atoms with Gasteiger partial charge >= 0.3 is 5.97 Å². The van der Waals surface area contributed by atoms with Crippen LogP contribution in [0.1, 0.15) is 59.7 Å². The van der Waals surface area contributed by atoms with Gasteiger partial charge in [-0.25, -0.2) is 4.79 Å². The first-order valence-electron chi connectivity index (χ1n) is 13.3. The van der Waals surface area contributed by atoms with E-state index in [4.69, 9.17) is 16.3 Å². The molecule has 8 heteroatoms. The van der Waals surface area contributed by atoms with Gasteiger partial charge in [0.15, 0.2) is 0 Å². The number of hydrogen-bond donors (Lipinski definition) is 1. The molecule has 0 bridgehead atoms. The lowest BCUT2D eigenvalue weighted by Crippen LogP contribution is -2.37. The largest absolute Gasteiger partial charge is 0.477 e. The van der Waals surface area contributed by atoms with Crippen molar-refractivity contribution in [1.29, 1.82) is 0 Å². The summed E-state index contributed by atoms with van der Waals surface area (Å²) in [6.07, 6.45) is 7.22. The number of ether oxygens (including phenoxy) is 1. The number of carboxylic acids is 1. The van der Waals surface area contributed by atoms with E-state index in [1.807, 2.05) is 12.1 Å². The number of aromatic nitrogens is 1. The van der Waals surface area contributed by atoms with Crippen LogP contribution < -0.4 is 4.90 Å². The Morgan fingerprint density at radius 2 is 1.89 bits per heavy atom. The molecular weight excluding hydrogens is 494 g/mol. The first kappa shape index (κ1) is 24.3. The monoisotopic (exact) mass is 527 g/mol. The summed E-state index contributed by atoms with van der Waals surface area (Å²) < 4.78 is 9.24. The summed E-state index contributed by atoms with van der Waals surface area (Å²) in [5, 5.41) is 10.5. The van der Waals surface area contributed by atoms with Gasteiger partial charge in [0.25, 0.3) is 0 Å². The van der Waals surface area contributed by atoms with E-state index < -0.39 is 5.97 Å². The highest BCUT2D eigenvalue weighted by Gasteiger charge is 2.32. The second-order valence-electron chi connectivity index (χ2n) is 10.3. The van der Waals surface area contributed by atoms with E-state index in [-0.39, 0.29) is 0 Å². The Balaban J connectivity index is 1.44. The van der Waals surface area contributed by atoms with Crippen LogP contribution in [0.15, 0.2) is 24.3 Å². The molecule has 6 nitrogen and oxygen atoms in total. The number of benzene rings is 1. The summed E-state index contributed by atoms with van der Waals surface area (Å²) in [5.74, 6) is -0.353. The highest BCUT2D eigenvalue weighted by atomic mass is 35.5. The van der Waals surface area contributed by atoms with Crippen molar-refractivity contribution in [3.05, 3.63) is 39.7 Å². The molecule has 1 N–H and O–H groups in total. The van der Waals surface area contributed by atoms with E-state index in [9.17, 15) is 9.90 Å². The van der Waals surface area contributed by atoms with Crippen LogP contribution in [0, 0.1) is 0 Å². The third kappa shape index (κ3) is 4.55. The fourth-order valence-electron chi connectivity index (χ4n) is 6.37. The third-order valence-corrected chi connectivity index (χ3v) is 9.53. The van der Waals surface area contributed by atoms with E-state index >= 15 is 0 Å². The number of rotatable bonds is 5. The van der Waals surface area contributed by atoms with Gasteiger partial charge in [0.2, 0.25) is 0 Å². The molecule has 6 rings (SSSR count). The topological polar surface area (TPSA) is 57.9 Å². The second-order valence-corrected chi connectivity index (χ2v) is 11.8. The number of thiophene rings is 1. The average Bonchev–Trinajstić information content (AvgIpc) is 3.25. The van der Waals surface area contributed by atoms with Gasteiger partial charge in [-0.2, -0.15) is 0 Å². The zero-order valence-corrected chi connectivity index (χ0v) is 22.3. The number of carboxylic acid groups (broad SMARTS) is 1. The second kappa shape index (κ2) is 10.4. The molecule has 1 saturated carbocycles. The predicted octanol–water partition coefficient (Wildman–Crippen LogP) is 6.31. The lowest BCUT2D eigenvalue weighted by Gasteiger charge is -2.29. The summed E-state index contributed by atoms with van der Waals surface area (Å²) >= 11 is 8.03. The van der Waals surface area contributed by atoms with Gasteiger partial charge in [0.1, 0.15) is 4.88 Å². The standard InChI is InChI=1S/C28H34ClN3O3S/c29-20-7-8-21-22(17-20)31(11-10-30-9-4-15-35-16-14-30)12-13-32-23-18-24(28(33)34)36-27(23)25(26(21)32)19-5-2-1-3-6-19/h7-8,17-19H,1-6,9-16H2,(H,33,34). The molecule has 36 heavy (non-hydrogen) atoms. The smallest absolute Gasteiger partial charge is 0.345 e. The summed E-state index contributed by atoms with van der Waals surface area (Å²) in [7, 11) is 0. The zero-order chi connectivity index (χ0) is 24.6.